The lowest BCUT2D eigenvalue weighted by Gasteiger charge is -2.17. The van der Waals surface area contributed by atoms with Crippen LogP contribution in [0.2, 0.25) is 5.02 Å². The van der Waals surface area contributed by atoms with Gasteiger partial charge in [-0.3, -0.25) is 5.32 Å². The molecule has 168 valence electrons. The normalized spacial score (nSPS) is 11.1. The van der Waals surface area contributed by atoms with Crippen LogP contribution in [-0.2, 0) is 6.54 Å². The van der Waals surface area contributed by atoms with Gasteiger partial charge in [-0.1, -0.05) is 17.7 Å². The third kappa shape index (κ3) is 6.52. The Labute approximate surface area is 201 Å². The van der Waals surface area contributed by atoms with E-state index in [9.17, 15) is 0 Å². The molecule has 0 radical (unpaired) electrons. The molecule has 3 aromatic rings. The number of hydrogen-bond acceptors (Lipinski definition) is 7. The predicted molar refractivity (Wildman–Crippen MR) is 134 cm³/mol. The maximum absolute atomic E-state index is 6.18. The number of ether oxygens (including phenoxy) is 2. The van der Waals surface area contributed by atoms with Crippen molar-refractivity contribution in [2.45, 2.75) is 20.4 Å². The number of thiocarbonyl (C=S) groups is 1. The molecule has 3 N–H and O–H groups in total. The van der Waals surface area contributed by atoms with Crippen LogP contribution in [0.15, 0.2) is 40.7 Å². The Morgan fingerprint density at radius 3 is 2.44 bits per heavy atom. The first-order chi connectivity index (χ1) is 15.4. The first kappa shape index (κ1) is 23.7. The van der Waals surface area contributed by atoms with E-state index in [0.29, 0.717) is 40.7 Å². The van der Waals surface area contributed by atoms with Crippen LogP contribution in [0.25, 0.3) is 0 Å². The smallest absolute Gasteiger partial charge is 0.229 e. The van der Waals surface area contributed by atoms with Gasteiger partial charge in [0.15, 0.2) is 5.11 Å². The van der Waals surface area contributed by atoms with Crippen molar-refractivity contribution in [3.05, 3.63) is 57.0 Å². The van der Waals surface area contributed by atoms with Crippen molar-refractivity contribution in [3.8, 4) is 11.5 Å². The predicted octanol–water partition coefficient (Wildman–Crippen LogP) is 4.78. The number of aromatic nitrogens is 2. The van der Waals surface area contributed by atoms with E-state index in [0.717, 1.165) is 16.3 Å². The highest BCUT2D eigenvalue weighted by Crippen LogP contribution is 2.35. The highest BCUT2D eigenvalue weighted by atomic mass is 35.5. The van der Waals surface area contributed by atoms with Crippen molar-refractivity contribution in [1.29, 1.82) is 0 Å². The fourth-order valence-electron chi connectivity index (χ4n) is 2.78. The molecular formula is C21H23ClN6O2S2. The lowest BCUT2D eigenvalue weighted by atomic mass is 10.2. The summed E-state index contributed by atoms with van der Waals surface area (Å²) < 4.78 is 10.7. The molecular weight excluding hydrogens is 468 g/mol. The number of nitrogens with one attached hydrogen (secondary N) is 3. The highest BCUT2D eigenvalue weighted by Gasteiger charge is 2.13. The molecule has 8 nitrogen and oxygen atoms in total. The summed E-state index contributed by atoms with van der Waals surface area (Å²) in [5, 5.41) is 12.0. The number of thiophene rings is 1. The van der Waals surface area contributed by atoms with Gasteiger partial charge in [0.2, 0.25) is 11.9 Å². The van der Waals surface area contributed by atoms with Crippen molar-refractivity contribution >= 4 is 57.9 Å². The minimum absolute atomic E-state index is 0.287. The number of anilines is 2. The van der Waals surface area contributed by atoms with Crippen molar-refractivity contribution < 1.29 is 9.47 Å². The minimum Gasteiger partial charge on any atom is -0.495 e. The first-order valence-corrected chi connectivity index (χ1v) is 11.2. The van der Waals surface area contributed by atoms with Crippen LogP contribution in [0.5, 0.6) is 11.5 Å². The molecule has 32 heavy (non-hydrogen) atoms. The maximum Gasteiger partial charge on any atom is 0.229 e. The number of aryl methyl sites for hydroxylation is 2. The van der Waals surface area contributed by atoms with Gasteiger partial charge in [-0.05, 0) is 43.6 Å². The Balaban J connectivity index is 1.80. The molecule has 0 atom stereocenters. The number of rotatable bonds is 6. The zero-order valence-corrected chi connectivity index (χ0v) is 20.4. The second-order valence-corrected chi connectivity index (χ2v) is 8.46. The average molecular weight is 491 g/mol. The van der Waals surface area contributed by atoms with Crippen LogP contribution in [0.3, 0.4) is 0 Å². The molecule has 3 rings (SSSR count). The molecule has 0 aliphatic carbocycles. The van der Waals surface area contributed by atoms with Gasteiger partial charge in [0.25, 0.3) is 0 Å². The Kier molecular flexibility index (Phi) is 8.20. The fourth-order valence-corrected chi connectivity index (χ4v) is 3.84. The van der Waals surface area contributed by atoms with Crippen molar-refractivity contribution in [2.24, 2.45) is 4.99 Å². The zero-order chi connectivity index (χ0) is 23.1. The zero-order valence-electron chi connectivity index (χ0n) is 18.0. The standard InChI is InChI=1S/C21H23ClN6O2S2/c1-12-8-13(2)25-20(24-12)27-19(23-11-14-6-5-7-32-14)28-21(31)26-16-10-17(29-3)15(22)9-18(16)30-4/h5-10H,11H2,1-4H3,(H3,23,24,25,26,27,28,31). The molecule has 0 aliphatic rings. The molecule has 0 fully saturated rings. The summed E-state index contributed by atoms with van der Waals surface area (Å²) in [6, 6.07) is 9.25. The van der Waals surface area contributed by atoms with Gasteiger partial charge in [-0.25, -0.2) is 15.0 Å². The molecule has 0 saturated carbocycles. The van der Waals surface area contributed by atoms with Gasteiger partial charge < -0.3 is 20.1 Å². The third-order valence-corrected chi connectivity index (χ3v) is 5.50. The molecule has 0 unspecified atom stereocenters. The monoisotopic (exact) mass is 490 g/mol. The summed E-state index contributed by atoms with van der Waals surface area (Å²) in [7, 11) is 3.09. The Morgan fingerprint density at radius 2 is 1.81 bits per heavy atom. The molecule has 2 aromatic heterocycles. The van der Waals surface area contributed by atoms with E-state index in [2.05, 4.69) is 30.9 Å². The lowest BCUT2D eigenvalue weighted by molar-refractivity contribution is 0.405. The second kappa shape index (κ2) is 11.1. The molecule has 0 saturated heterocycles. The van der Waals surface area contributed by atoms with Crippen LogP contribution >= 0.6 is 35.2 Å². The number of guanidine groups is 1. The van der Waals surface area contributed by atoms with Crippen molar-refractivity contribution in [2.75, 3.05) is 24.9 Å². The summed E-state index contributed by atoms with van der Waals surface area (Å²) in [6.07, 6.45) is 0. The summed E-state index contributed by atoms with van der Waals surface area (Å²) in [5.41, 5.74) is 2.28. The van der Waals surface area contributed by atoms with Gasteiger partial charge in [0, 0.05) is 28.4 Å². The number of nitrogens with zero attached hydrogens (tertiary/aromatic N) is 3. The number of hydrogen-bond donors (Lipinski definition) is 3. The fraction of sp³-hybridized carbons (Fsp3) is 0.238. The molecule has 2 heterocycles. The quantitative estimate of drug-likeness (QED) is 0.258. The largest absolute Gasteiger partial charge is 0.495 e. The van der Waals surface area contributed by atoms with E-state index in [4.69, 9.17) is 33.3 Å². The maximum atomic E-state index is 6.18. The van der Waals surface area contributed by atoms with E-state index >= 15 is 0 Å². The average Bonchev–Trinajstić information content (AvgIpc) is 3.26. The lowest BCUT2D eigenvalue weighted by Crippen LogP contribution is -2.39. The Hall–Kier alpha value is -2.95. The van der Waals surface area contributed by atoms with E-state index in [1.54, 1.807) is 30.6 Å². The first-order valence-electron chi connectivity index (χ1n) is 9.53. The SMILES string of the molecule is COc1cc(NC(=S)NC(=NCc2cccs2)Nc2nc(C)cc(C)n2)c(OC)cc1Cl. The van der Waals surface area contributed by atoms with Crippen molar-refractivity contribution in [1.82, 2.24) is 15.3 Å². The number of methoxy groups -OCH3 is 2. The van der Waals surface area contributed by atoms with Gasteiger partial charge in [0.05, 0.1) is 31.5 Å². The minimum atomic E-state index is 0.287. The van der Waals surface area contributed by atoms with E-state index in [1.165, 1.54) is 7.11 Å². The molecule has 0 amide bonds. The Morgan fingerprint density at radius 1 is 1.09 bits per heavy atom. The second-order valence-electron chi connectivity index (χ2n) is 6.61. The molecule has 0 spiro atoms. The number of aliphatic imine (C=N–C) groups is 1. The van der Waals surface area contributed by atoms with Crippen LogP contribution in [0.4, 0.5) is 11.6 Å². The van der Waals surface area contributed by atoms with Crippen LogP contribution in [0.1, 0.15) is 16.3 Å². The summed E-state index contributed by atoms with van der Waals surface area (Å²) in [5.74, 6) is 1.84. The third-order valence-electron chi connectivity index (χ3n) is 4.14. The van der Waals surface area contributed by atoms with Gasteiger partial charge in [-0.15, -0.1) is 11.3 Å². The highest BCUT2D eigenvalue weighted by molar-refractivity contribution is 7.80. The van der Waals surface area contributed by atoms with Crippen LogP contribution < -0.4 is 25.4 Å². The number of halogens is 1. The number of benzene rings is 1. The molecule has 0 aliphatic heterocycles. The Bertz CT molecular complexity index is 1100. The van der Waals surface area contributed by atoms with Gasteiger partial charge in [-0.2, -0.15) is 0 Å². The van der Waals surface area contributed by atoms with Crippen LogP contribution in [-0.4, -0.2) is 35.3 Å². The molecule has 1 aromatic carbocycles. The van der Waals surface area contributed by atoms with E-state index in [1.807, 2.05) is 37.4 Å². The van der Waals surface area contributed by atoms with Crippen LogP contribution in [0, 0.1) is 13.8 Å². The van der Waals surface area contributed by atoms with Gasteiger partial charge in [0.1, 0.15) is 11.5 Å². The van der Waals surface area contributed by atoms with Crippen molar-refractivity contribution in [3.63, 3.8) is 0 Å². The summed E-state index contributed by atoms with van der Waals surface area (Å²) in [4.78, 5) is 14.5. The summed E-state index contributed by atoms with van der Waals surface area (Å²) >= 11 is 13.3. The molecule has 11 heteroatoms. The molecule has 0 bridgehead atoms. The topological polar surface area (TPSA) is 92.7 Å². The van der Waals surface area contributed by atoms with Gasteiger partial charge >= 0.3 is 0 Å². The van der Waals surface area contributed by atoms with E-state index < -0.39 is 0 Å². The van der Waals surface area contributed by atoms with E-state index in [-0.39, 0.29) is 5.11 Å². The summed E-state index contributed by atoms with van der Waals surface area (Å²) in [6.45, 7) is 4.28.